The number of rotatable bonds is 4. The number of halogens is 5. The summed E-state index contributed by atoms with van der Waals surface area (Å²) in [4.78, 5) is 0. The molecule has 0 aliphatic rings. The first-order valence-electron chi connectivity index (χ1n) is 5.06. The van der Waals surface area contributed by atoms with Crippen molar-refractivity contribution in [3.05, 3.63) is 29.8 Å². The Morgan fingerprint density at radius 3 is 2.22 bits per heavy atom. The Morgan fingerprint density at radius 2 is 1.72 bits per heavy atom. The van der Waals surface area contributed by atoms with Crippen LogP contribution >= 0.6 is 0 Å². The van der Waals surface area contributed by atoms with E-state index in [1.807, 2.05) is 0 Å². The summed E-state index contributed by atoms with van der Waals surface area (Å²) in [5.41, 5.74) is -0.596. The molecular formula is C11H11F5O2. The highest BCUT2D eigenvalue weighted by molar-refractivity contribution is 5.36. The van der Waals surface area contributed by atoms with Gasteiger partial charge in [0.15, 0.2) is 6.10 Å². The molecule has 0 fully saturated rings. The van der Waals surface area contributed by atoms with Crippen molar-refractivity contribution in [1.29, 1.82) is 0 Å². The van der Waals surface area contributed by atoms with Gasteiger partial charge in [-0.2, -0.15) is 22.0 Å². The SMILES string of the molecule is CCOc1ccccc1C(O)C(F)(F)C(F)(F)F. The van der Waals surface area contributed by atoms with E-state index in [-0.39, 0.29) is 12.4 Å². The van der Waals surface area contributed by atoms with E-state index in [0.717, 1.165) is 6.07 Å². The summed E-state index contributed by atoms with van der Waals surface area (Å²) in [6, 6.07) is 4.84. The molecule has 1 aromatic rings. The van der Waals surface area contributed by atoms with Gasteiger partial charge < -0.3 is 9.84 Å². The molecule has 1 rings (SSSR count). The molecule has 1 aromatic carbocycles. The van der Waals surface area contributed by atoms with E-state index in [2.05, 4.69) is 0 Å². The van der Waals surface area contributed by atoms with Gasteiger partial charge in [-0.05, 0) is 13.0 Å². The van der Waals surface area contributed by atoms with E-state index in [1.165, 1.54) is 18.2 Å². The average Bonchev–Trinajstić information content (AvgIpc) is 2.28. The second-order valence-electron chi connectivity index (χ2n) is 3.49. The smallest absolute Gasteiger partial charge is 0.456 e. The van der Waals surface area contributed by atoms with E-state index >= 15 is 0 Å². The molecule has 0 saturated heterocycles. The van der Waals surface area contributed by atoms with Crippen LogP contribution in [0, 0.1) is 0 Å². The second-order valence-corrected chi connectivity index (χ2v) is 3.49. The normalized spacial score (nSPS) is 14.4. The lowest BCUT2D eigenvalue weighted by molar-refractivity contribution is -0.315. The third-order valence-corrected chi connectivity index (χ3v) is 2.23. The monoisotopic (exact) mass is 270 g/mol. The zero-order chi connectivity index (χ0) is 14.0. The number of alkyl halides is 5. The first-order chi connectivity index (χ1) is 8.21. The van der Waals surface area contributed by atoms with Gasteiger partial charge in [0, 0.05) is 5.56 Å². The highest BCUT2D eigenvalue weighted by atomic mass is 19.4. The maximum absolute atomic E-state index is 13.0. The van der Waals surface area contributed by atoms with Crippen molar-refractivity contribution in [2.75, 3.05) is 6.61 Å². The Hall–Kier alpha value is -1.37. The Balaban J connectivity index is 3.14. The van der Waals surface area contributed by atoms with Crippen LogP contribution in [0.5, 0.6) is 5.75 Å². The third-order valence-electron chi connectivity index (χ3n) is 2.23. The van der Waals surface area contributed by atoms with Gasteiger partial charge in [0.25, 0.3) is 0 Å². The summed E-state index contributed by atoms with van der Waals surface area (Å²) < 4.78 is 67.3. The molecule has 102 valence electrons. The molecule has 1 atom stereocenters. The van der Waals surface area contributed by atoms with Crippen LogP contribution in [0.2, 0.25) is 0 Å². The van der Waals surface area contributed by atoms with Crippen molar-refractivity contribution in [2.45, 2.75) is 25.1 Å². The minimum Gasteiger partial charge on any atom is -0.493 e. The predicted molar refractivity (Wildman–Crippen MR) is 53.6 cm³/mol. The van der Waals surface area contributed by atoms with Crippen LogP contribution < -0.4 is 4.74 Å². The van der Waals surface area contributed by atoms with E-state index in [9.17, 15) is 27.1 Å². The maximum atomic E-state index is 13.0. The van der Waals surface area contributed by atoms with Crippen LogP contribution in [0.15, 0.2) is 24.3 Å². The fraction of sp³-hybridized carbons (Fsp3) is 0.455. The van der Waals surface area contributed by atoms with E-state index in [1.54, 1.807) is 6.92 Å². The minimum atomic E-state index is -5.83. The average molecular weight is 270 g/mol. The third kappa shape index (κ3) is 2.72. The first-order valence-corrected chi connectivity index (χ1v) is 5.06. The molecule has 0 amide bonds. The molecule has 0 aliphatic heterocycles. The lowest BCUT2D eigenvalue weighted by atomic mass is 10.0. The number of aliphatic hydroxyl groups is 1. The van der Waals surface area contributed by atoms with Gasteiger partial charge in [-0.3, -0.25) is 0 Å². The van der Waals surface area contributed by atoms with E-state index < -0.39 is 23.8 Å². The quantitative estimate of drug-likeness (QED) is 0.850. The fourth-order valence-corrected chi connectivity index (χ4v) is 1.34. The summed E-state index contributed by atoms with van der Waals surface area (Å²) >= 11 is 0. The Labute approximate surface area is 100.0 Å². The van der Waals surface area contributed by atoms with Crippen LogP contribution in [0.25, 0.3) is 0 Å². The topological polar surface area (TPSA) is 29.5 Å². The molecule has 1 N–H and O–H groups in total. The van der Waals surface area contributed by atoms with Gasteiger partial charge in [0.1, 0.15) is 5.75 Å². The summed E-state index contributed by atoms with van der Waals surface area (Å²) in [7, 11) is 0. The van der Waals surface area contributed by atoms with Gasteiger partial charge in [-0.25, -0.2) is 0 Å². The molecule has 0 aromatic heterocycles. The van der Waals surface area contributed by atoms with Crippen LogP contribution in [-0.4, -0.2) is 23.8 Å². The van der Waals surface area contributed by atoms with Crippen molar-refractivity contribution in [3.63, 3.8) is 0 Å². The molecule has 18 heavy (non-hydrogen) atoms. The molecule has 0 bridgehead atoms. The zero-order valence-corrected chi connectivity index (χ0v) is 9.34. The summed E-state index contributed by atoms with van der Waals surface area (Å²) in [6.07, 6.45) is -8.83. The van der Waals surface area contributed by atoms with Gasteiger partial charge in [-0.1, -0.05) is 18.2 Å². The fourth-order valence-electron chi connectivity index (χ4n) is 1.34. The van der Waals surface area contributed by atoms with Crippen molar-refractivity contribution in [3.8, 4) is 5.75 Å². The highest BCUT2D eigenvalue weighted by Gasteiger charge is 2.63. The molecule has 0 saturated carbocycles. The number of benzene rings is 1. The number of hydrogen-bond donors (Lipinski definition) is 1. The van der Waals surface area contributed by atoms with Gasteiger partial charge in [0.05, 0.1) is 6.61 Å². The predicted octanol–water partition coefficient (Wildman–Crippen LogP) is 3.32. The molecule has 0 heterocycles. The van der Waals surface area contributed by atoms with Crippen LogP contribution in [0.4, 0.5) is 22.0 Å². The van der Waals surface area contributed by atoms with Gasteiger partial charge >= 0.3 is 12.1 Å². The lowest BCUT2D eigenvalue weighted by Gasteiger charge is -2.26. The zero-order valence-electron chi connectivity index (χ0n) is 9.34. The lowest BCUT2D eigenvalue weighted by Crippen LogP contribution is -2.42. The summed E-state index contributed by atoms with van der Waals surface area (Å²) in [5, 5.41) is 9.24. The molecule has 1 unspecified atom stereocenters. The number of para-hydroxylation sites is 1. The Kier molecular flexibility index (Phi) is 4.16. The minimum absolute atomic E-state index is 0.0846. The highest BCUT2D eigenvalue weighted by Crippen LogP contribution is 2.46. The van der Waals surface area contributed by atoms with Crippen molar-refractivity contribution < 1.29 is 31.8 Å². The molecule has 7 heteroatoms. The van der Waals surface area contributed by atoms with Crippen LogP contribution in [-0.2, 0) is 0 Å². The Morgan fingerprint density at radius 1 is 1.17 bits per heavy atom. The second kappa shape index (κ2) is 5.09. The largest absolute Gasteiger partial charge is 0.493 e. The van der Waals surface area contributed by atoms with Crippen molar-refractivity contribution in [2.24, 2.45) is 0 Å². The van der Waals surface area contributed by atoms with E-state index in [0.29, 0.717) is 0 Å². The number of hydrogen-bond acceptors (Lipinski definition) is 2. The molecule has 0 aliphatic carbocycles. The summed E-state index contributed by atoms with van der Waals surface area (Å²) in [5.74, 6) is -5.43. The van der Waals surface area contributed by atoms with Crippen molar-refractivity contribution in [1.82, 2.24) is 0 Å². The van der Waals surface area contributed by atoms with Gasteiger partial charge in [-0.15, -0.1) is 0 Å². The number of aliphatic hydroxyl groups excluding tert-OH is 1. The molecule has 2 nitrogen and oxygen atoms in total. The molecular weight excluding hydrogens is 259 g/mol. The number of ether oxygens (including phenoxy) is 1. The van der Waals surface area contributed by atoms with E-state index in [4.69, 9.17) is 4.74 Å². The molecule has 0 radical (unpaired) electrons. The van der Waals surface area contributed by atoms with Crippen LogP contribution in [0.3, 0.4) is 0 Å². The van der Waals surface area contributed by atoms with Crippen LogP contribution in [0.1, 0.15) is 18.6 Å². The van der Waals surface area contributed by atoms with Crippen molar-refractivity contribution >= 4 is 0 Å². The Bertz CT molecular complexity index is 403. The molecule has 0 spiro atoms. The standard InChI is InChI=1S/C11H11F5O2/c1-2-18-8-6-4-3-5-7(8)9(17)10(12,13)11(14,15)16/h3-6,9,17H,2H2,1H3. The maximum Gasteiger partial charge on any atom is 0.456 e. The summed E-state index contributed by atoms with van der Waals surface area (Å²) in [6.45, 7) is 1.63. The van der Waals surface area contributed by atoms with Gasteiger partial charge in [0.2, 0.25) is 0 Å². The first kappa shape index (κ1) is 14.7.